The molecule has 0 bridgehead atoms. The van der Waals surface area contributed by atoms with Gasteiger partial charge in [0, 0.05) is 24.0 Å². The maximum atomic E-state index is 4.90. The van der Waals surface area contributed by atoms with Gasteiger partial charge in [-0.3, -0.25) is 0 Å². The first-order valence-corrected chi connectivity index (χ1v) is 8.01. The molecule has 1 aromatic heterocycles. The zero-order chi connectivity index (χ0) is 13.0. The molecule has 1 heterocycles. The van der Waals surface area contributed by atoms with Gasteiger partial charge in [0.1, 0.15) is 0 Å². The lowest BCUT2D eigenvalue weighted by Gasteiger charge is -2.20. The van der Waals surface area contributed by atoms with E-state index < -0.39 is 0 Å². The van der Waals surface area contributed by atoms with Crippen molar-refractivity contribution in [1.29, 1.82) is 0 Å². The predicted octanol–water partition coefficient (Wildman–Crippen LogP) is 3.19. The number of nitrogens with zero attached hydrogens (tertiary/aromatic N) is 2. The van der Waals surface area contributed by atoms with Crippen LogP contribution in [0.2, 0.25) is 0 Å². The highest BCUT2D eigenvalue weighted by Gasteiger charge is 2.30. The molecule has 1 fully saturated rings. The fourth-order valence-corrected chi connectivity index (χ4v) is 3.50. The van der Waals surface area contributed by atoms with E-state index in [1.54, 1.807) is 0 Å². The summed E-state index contributed by atoms with van der Waals surface area (Å²) < 4.78 is 0. The molecule has 0 spiro atoms. The van der Waals surface area contributed by atoms with Crippen LogP contribution in [0.15, 0.2) is 0 Å². The average Bonchev–Trinajstić information content (AvgIpc) is 3.12. The molecule has 0 amide bonds. The molecule has 4 heteroatoms. The Morgan fingerprint density at radius 2 is 2.11 bits per heavy atom. The SMILES string of the molecule is CCCc1nc(N(CCC)C2CC2)sc1CNC. The molecule has 1 saturated carbocycles. The number of nitrogens with one attached hydrogen (secondary N) is 1. The number of rotatable bonds is 8. The topological polar surface area (TPSA) is 28.2 Å². The second-order valence-electron chi connectivity index (χ2n) is 5.07. The molecule has 1 N–H and O–H groups in total. The highest BCUT2D eigenvalue weighted by atomic mass is 32.1. The third-order valence-corrected chi connectivity index (χ3v) is 4.42. The first kappa shape index (κ1) is 13.8. The molecule has 1 aromatic rings. The van der Waals surface area contributed by atoms with Crippen LogP contribution in [0.3, 0.4) is 0 Å². The summed E-state index contributed by atoms with van der Waals surface area (Å²) >= 11 is 1.89. The van der Waals surface area contributed by atoms with Crippen LogP contribution in [0.4, 0.5) is 5.13 Å². The Morgan fingerprint density at radius 3 is 2.67 bits per heavy atom. The van der Waals surface area contributed by atoms with Crippen LogP contribution in [0.25, 0.3) is 0 Å². The number of thiazole rings is 1. The Morgan fingerprint density at radius 1 is 1.33 bits per heavy atom. The van der Waals surface area contributed by atoms with Gasteiger partial charge in [0.2, 0.25) is 0 Å². The van der Waals surface area contributed by atoms with Crippen LogP contribution >= 0.6 is 11.3 Å². The average molecular weight is 267 g/mol. The molecular formula is C14H25N3S. The van der Waals surface area contributed by atoms with Crippen molar-refractivity contribution in [2.45, 2.75) is 58.5 Å². The second-order valence-corrected chi connectivity index (χ2v) is 6.13. The summed E-state index contributed by atoms with van der Waals surface area (Å²) in [6, 6.07) is 0.771. The molecule has 102 valence electrons. The maximum absolute atomic E-state index is 4.90. The van der Waals surface area contributed by atoms with Crippen LogP contribution < -0.4 is 10.2 Å². The van der Waals surface area contributed by atoms with Crippen molar-refractivity contribution in [3.8, 4) is 0 Å². The van der Waals surface area contributed by atoms with Gasteiger partial charge >= 0.3 is 0 Å². The zero-order valence-corrected chi connectivity index (χ0v) is 12.6. The molecule has 0 aliphatic heterocycles. The molecule has 1 aliphatic carbocycles. The highest BCUT2D eigenvalue weighted by Crippen LogP contribution is 2.35. The van der Waals surface area contributed by atoms with Crippen LogP contribution in [-0.4, -0.2) is 24.6 Å². The fraction of sp³-hybridized carbons (Fsp3) is 0.786. The van der Waals surface area contributed by atoms with Gasteiger partial charge < -0.3 is 10.2 Å². The van der Waals surface area contributed by atoms with Crippen LogP contribution in [0, 0.1) is 0 Å². The molecule has 0 atom stereocenters. The summed E-state index contributed by atoms with van der Waals surface area (Å²) in [7, 11) is 2.01. The lowest BCUT2D eigenvalue weighted by Crippen LogP contribution is -2.26. The van der Waals surface area contributed by atoms with Crippen molar-refractivity contribution in [2.24, 2.45) is 0 Å². The Balaban J connectivity index is 2.17. The van der Waals surface area contributed by atoms with Crippen molar-refractivity contribution in [1.82, 2.24) is 10.3 Å². The highest BCUT2D eigenvalue weighted by molar-refractivity contribution is 7.15. The number of hydrogen-bond donors (Lipinski definition) is 1. The quantitative estimate of drug-likeness (QED) is 0.784. The number of anilines is 1. The van der Waals surface area contributed by atoms with E-state index in [0.717, 1.165) is 25.6 Å². The standard InChI is InChI=1S/C14H25N3S/c1-4-6-12-13(10-15-3)18-14(16-12)17(9-5-2)11-7-8-11/h11,15H,4-10H2,1-3H3. The molecule has 1 aliphatic rings. The van der Waals surface area contributed by atoms with Gasteiger partial charge in [0.05, 0.1) is 5.69 Å². The molecule has 3 nitrogen and oxygen atoms in total. The number of hydrogen-bond acceptors (Lipinski definition) is 4. The monoisotopic (exact) mass is 267 g/mol. The van der Waals surface area contributed by atoms with Gasteiger partial charge in [0.15, 0.2) is 5.13 Å². The summed E-state index contributed by atoms with van der Waals surface area (Å²) in [6.07, 6.45) is 6.20. The minimum absolute atomic E-state index is 0.771. The van der Waals surface area contributed by atoms with Crippen LogP contribution in [0.1, 0.15) is 50.1 Å². The molecule has 2 rings (SSSR count). The third-order valence-electron chi connectivity index (χ3n) is 3.29. The minimum Gasteiger partial charge on any atom is -0.345 e. The van der Waals surface area contributed by atoms with E-state index in [4.69, 9.17) is 4.98 Å². The summed E-state index contributed by atoms with van der Waals surface area (Å²) in [6.45, 7) is 6.59. The van der Waals surface area contributed by atoms with Gasteiger partial charge in [0.25, 0.3) is 0 Å². The maximum Gasteiger partial charge on any atom is 0.186 e. The molecule has 0 radical (unpaired) electrons. The van der Waals surface area contributed by atoms with E-state index in [1.807, 2.05) is 18.4 Å². The Hall–Kier alpha value is -0.610. The number of aryl methyl sites for hydroxylation is 1. The van der Waals surface area contributed by atoms with Gasteiger partial charge in [-0.15, -0.1) is 11.3 Å². The van der Waals surface area contributed by atoms with E-state index in [0.29, 0.717) is 0 Å². The van der Waals surface area contributed by atoms with E-state index in [1.165, 1.54) is 41.4 Å². The Kier molecular flexibility index (Phi) is 5.01. The van der Waals surface area contributed by atoms with Crippen molar-refractivity contribution < 1.29 is 0 Å². The molecule has 18 heavy (non-hydrogen) atoms. The first-order valence-electron chi connectivity index (χ1n) is 7.19. The zero-order valence-electron chi connectivity index (χ0n) is 11.8. The third kappa shape index (κ3) is 3.23. The van der Waals surface area contributed by atoms with Crippen molar-refractivity contribution in [3.63, 3.8) is 0 Å². The fourth-order valence-electron chi connectivity index (χ4n) is 2.28. The second kappa shape index (κ2) is 6.53. The first-order chi connectivity index (χ1) is 8.80. The number of aromatic nitrogens is 1. The molecule has 0 aromatic carbocycles. The molecule has 0 saturated heterocycles. The molecular weight excluding hydrogens is 242 g/mol. The summed E-state index contributed by atoms with van der Waals surface area (Å²) in [5, 5.41) is 4.52. The van der Waals surface area contributed by atoms with Gasteiger partial charge in [-0.05, 0) is 32.7 Å². The Labute approximate surface area is 115 Å². The summed E-state index contributed by atoms with van der Waals surface area (Å²) in [5.41, 5.74) is 1.31. The van der Waals surface area contributed by atoms with Gasteiger partial charge in [-0.25, -0.2) is 4.98 Å². The lowest BCUT2D eigenvalue weighted by atomic mass is 10.2. The van der Waals surface area contributed by atoms with Crippen LogP contribution in [0.5, 0.6) is 0 Å². The van der Waals surface area contributed by atoms with E-state index in [-0.39, 0.29) is 0 Å². The summed E-state index contributed by atoms with van der Waals surface area (Å²) in [4.78, 5) is 8.86. The molecule has 0 unspecified atom stereocenters. The van der Waals surface area contributed by atoms with Gasteiger partial charge in [-0.1, -0.05) is 20.3 Å². The minimum atomic E-state index is 0.771. The predicted molar refractivity (Wildman–Crippen MR) is 79.5 cm³/mol. The van der Waals surface area contributed by atoms with E-state index in [9.17, 15) is 0 Å². The van der Waals surface area contributed by atoms with Crippen LogP contribution in [-0.2, 0) is 13.0 Å². The smallest absolute Gasteiger partial charge is 0.186 e. The van der Waals surface area contributed by atoms with Crippen molar-refractivity contribution in [2.75, 3.05) is 18.5 Å². The largest absolute Gasteiger partial charge is 0.345 e. The van der Waals surface area contributed by atoms with E-state index >= 15 is 0 Å². The Bertz CT molecular complexity index is 348. The normalized spacial score (nSPS) is 15.1. The van der Waals surface area contributed by atoms with Crippen molar-refractivity contribution >= 4 is 16.5 Å². The lowest BCUT2D eigenvalue weighted by molar-refractivity contribution is 0.753. The van der Waals surface area contributed by atoms with E-state index in [2.05, 4.69) is 24.1 Å². The van der Waals surface area contributed by atoms with Gasteiger partial charge in [-0.2, -0.15) is 0 Å². The summed E-state index contributed by atoms with van der Waals surface area (Å²) in [5.74, 6) is 0. The van der Waals surface area contributed by atoms with Crippen molar-refractivity contribution in [3.05, 3.63) is 10.6 Å².